The fourth-order valence-corrected chi connectivity index (χ4v) is 3.44. The van der Waals surface area contributed by atoms with Crippen LogP contribution in [0.25, 0.3) is 0 Å². The summed E-state index contributed by atoms with van der Waals surface area (Å²) < 4.78 is 12.8. The molecule has 28 heavy (non-hydrogen) atoms. The van der Waals surface area contributed by atoms with Gasteiger partial charge in [0.2, 0.25) is 0 Å². The topological polar surface area (TPSA) is 50.7 Å². The van der Waals surface area contributed by atoms with Crippen molar-refractivity contribution in [3.05, 3.63) is 81.8 Å². The maximum atomic E-state index is 9.39. The largest absolute Gasteiger partial charge is 0.508 e. The Hall–Kier alpha value is -2.66. The Morgan fingerprint density at radius 1 is 1.00 bits per heavy atom. The standard InChI is InChI=1S/C23H24BrNO3/c1-3-27-22-13-17(14-25-19-8-10-20(26)11-9-19)12-21(24)23(22)28-15-18-7-5-4-6-16(18)2/h4-13,25-26H,3,14-15H2,1-2H3. The molecule has 0 spiro atoms. The minimum Gasteiger partial charge on any atom is -0.508 e. The Morgan fingerprint density at radius 3 is 2.46 bits per heavy atom. The Bertz CT molecular complexity index is 926. The normalized spacial score (nSPS) is 10.5. The molecule has 5 heteroatoms. The van der Waals surface area contributed by atoms with Gasteiger partial charge in [-0.1, -0.05) is 24.3 Å². The van der Waals surface area contributed by atoms with Gasteiger partial charge in [0, 0.05) is 12.2 Å². The second kappa shape index (κ2) is 9.51. The summed E-state index contributed by atoms with van der Waals surface area (Å²) in [6.45, 7) is 5.70. The summed E-state index contributed by atoms with van der Waals surface area (Å²) in [5, 5.41) is 12.7. The van der Waals surface area contributed by atoms with Crippen molar-refractivity contribution in [1.29, 1.82) is 0 Å². The number of rotatable bonds is 8. The fourth-order valence-electron chi connectivity index (χ4n) is 2.83. The van der Waals surface area contributed by atoms with Crippen LogP contribution >= 0.6 is 15.9 Å². The zero-order chi connectivity index (χ0) is 19.9. The highest BCUT2D eigenvalue weighted by Crippen LogP contribution is 2.38. The summed E-state index contributed by atoms with van der Waals surface area (Å²) >= 11 is 3.63. The molecular formula is C23H24BrNO3. The number of nitrogens with one attached hydrogen (secondary N) is 1. The molecule has 146 valence electrons. The average molecular weight is 442 g/mol. The molecule has 2 N–H and O–H groups in total. The van der Waals surface area contributed by atoms with Crippen LogP contribution in [-0.2, 0) is 13.2 Å². The first-order valence-corrected chi connectivity index (χ1v) is 10.0. The van der Waals surface area contributed by atoms with E-state index in [1.807, 2.05) is 43.3 Å². The third-order valence-corrected chi connectivity index (χ3v) is 4.96. The number of halogens is 1. The van der Waals surface area contributed by atoms with Crippen molar-refractivity contribution in [1.82, 2.24) is 0 Å². The highest BCUT2D eigenvalue weighted by Gasteiger charge is 2.13. The van der Waals surface area contributed by atoms with E-state index in [1.54, 1.807) is 12.1 Å². The molecule has 0 bridgehead atoms. The number of hydrogen-bond donors (Lipinski definition) is 2. The molecule has 0 fully saturated rings. The van der Waals surface area contributed by atoms with E-state index in [1.165, 1.54) is 5.56 Å². The third-order valence-electron chi connectivity index (χ3n) is 4.37. The first kappa shape index (κ1) is 20.1. The van der Waals surface area contributed by atoms with Gasteiger partial charge in [-0.25, -0.2) is 0 Å². The van der Waals surface area contributed by atoms with Gasteiger partial charge in [-0.05, 0) is 82.9 Å². The number of aryl methyl sites for hydroxylation is 1. The number of phenols is 1. The molecular weight excluding hydrogens is 418 g/mol. The minimum absolute atomic E-state index is 0.252. The molecule has 0 aliphatic carbocycles. The van der Waals surface area contributed by atoms with Crippen molar-refractivity contribution in [2.24, 2.45) is 0 Å². The molecule has 3 aromatic rings. The fraction of sp³-hybridized carbons (Fsp3) is 0.217. The first-order valence-electron chi connectivity index (χ1n) is 9.22. The van der Waals surface area contributed by atoms with Crippen LogP contribution in [0.2, 0.25) is 0 Å². The van der Waals surface area contributed by atoms with Gasteiger partial charge in [0.25, 0.3) is 0 Å². The predicted octanol–water partition coefficient (Wildman–Crippen LogP) is 6.05. The predicted molar refractivity (Wildman–Crippen MR) is 116 cm³/mol. The number of anilines is 1. The Balaban J connectivity index is 1.75. The van der Waals surface area contributed by atoms with E-state index in [9.17, 15) is 5.11 Å². The molecule has 3 aromatic carbocycles. The van der Waals surface area contributed by atoms with Crippen molar-refractivity contribution < 1.29 is 14.6 Å². The molecule has 0 saturated heterocycles. The lowest BCUT2D eigenvalue weighted by Crippen LogP contribution is -2.04. The molecule has 0 aromatic heterocycles. The van der Waals surface area contributed by atoms with Gasteiger partial charge >= 0.3 is 0 Å². The van der Waals surface area contributed by atoms with E-state index in [-0.39, 0.29) is 5.75 Å². The van der Waals surface area contributed by atoms with Crippen molar-refractivity contribution >= 4 is 21.6 Å². The number of hydrogen-bond acceptors (Lipinski definition) is 4. The molecule has 0 unspecified atom stereocenters. The van der Waals surface area contributed by atoms with Crippen molar-refractivity contribution in [3.63, 3.8) is 0 Å². The second-order valence-electron chi connectivity index (χ2n) is 6.45. The lowest BCUT2D eigenvalue weighted by molar-refractivity contribution is 0.267. The summed E-state index contributed by atoms with van der Waals surface area (Å²) in [4.78, 5) is 0. The lowest BCUT2D eigenvalue weighted by atomic mass is 10.1. The summed E-state index contributed by atoms with van der Waals surface area (Å²) in [6, 6.07) is 19.2. The van der Waals surface area contributed by atoms with Gasteiger partial charge in [0.05, 0.1) is 11.1 Å². The second-order valence-corrected chi connectivity index (χ2v) is 7.31. The molecule has 3 rings (SSSR count). The molecule has 0 radical (unpaired) electrons. The Labute approximate surface area is 174 Å². The molecule has 0 amide bonds. The van der Waals surface area contributed by atoms with Gasteiger partial charge < -0.3 is 19.9 Å². The molecule has 0 aliphatic rings. The van der Waals surface area contributed by atoms with Crippen LogP contribution in [0.1, 0.15) is 23.6 Å². The number of aromatic hydroxyl groups is 1. The smallest absolute Gasteiger partial charge is 0.175 e. The van der Waals surface area contributed by atoms with Crippen LogP contribution in [0.3, 0.4) is 0 Å². The van der Waals surface area contributed by atoms with E-state index in [4.69, 9.17) is 9.47 Å². The quantitative estimate of drug-likeness (QED) is 0.417. The summed E-state index contributed by atoms with van der Waals surface area (Å²) in [5.74, 6) is 1.67. The SMILES string of the molecule is CCOc1cc(CNc2ccc(O)cc2)cc(Br)c1OCc1ccccc1C. The van der Waals surface area contributed by atoms with Crippen LogP contribution < -0.4 is 14.8 Å². The number of ether oxygens (including phenoxy) is 2. The third kappa shape index (κ3) is 5.20. The van der Waals surface area contributed by atoms with Gasteiger partial charge in [0.1, 0.15) is 12.4 Å². The highest BCUT2D eigenvalue weighted by molar-refractivity contribution is 9.10. The van der Waals surface area contributed by atoms with Gasteiger partial charge in [-0.2, -0.15) is 0 Å². The molecule has 0 heterocycles. The van der Waals surface area contributed by atoms with Crippen LogP contribution in [0.5, 0.6) is 17.2 Å². The van der Waals surface area contributed by atoms with Gasteiger partial charge in [0.15, 0.2) is 11.5 Å². The Morgan fingerprint density at radius 2 is 1.75 bits per heavy atom. The van der Waals surface area contributed by atoms with Crippen LogP contribution in [0.15, 0.2) is 65.1 Å². The first-order chi connectivity index (χ1) is 13.6. The average Bonchev–Trinajstić information content (AvgIpc) is 2.68. The zero-order valence-electron chi connectivity index (χ0n) is 16.0. The highest BCUT2D eigenvalue weighted by atomic mass is 79.9. The van der Waals surface area contributed by atoms with Gasteiger partial charge in [-0.15, -0.1) is 0 Å². The monoisotopic (exact) mass is 441 g/mol. The molecule has 4 nitrogen and oxygen atoms in total. The van der Waals surface area contributed by atoms with E-state index in [2.05, 4.69) is 40.3 Å². The molecule has 0 atom stereocenters. The van der Waals surface area contributed by atoms with Crippen molar-refractivity contribution in [2.45, 2.75) is 27.0 Å². The summed E-state index contributed by atoms with van der Waals surface area (Å²) in [6.07, 6.45) is 0. The summed E-state index contributed by atoms with van der Waals surface area (Å²) in [5.41, 5.74) is 4.35. The summed E-state index contributed by atoms with van der Waals surface area (Å²) in [7, 11) is 0. The van der Waals surface area contributed by atoms with E-state index in [0.29, 0.717) is 31.3 Å². The van der Waals surface area contributed by atoms with Crippen LogP contribution in [-0.4, -0.2) is 11.7 Å². The van der Waals surface area contributed by atoms with Crippen molar-refractivity contribution in [2.75, 3.05) is 11.9 Å². The minimum atomic E-state index is 0.252. The maximum Gasteiger partial charge on any atom is 0.175 e. The van der Waals surface area contributed by atoms with E-state index < -0.39 is 0 Å². The van der Waals surface area contributed by atoms with Crippen molar-refractivity contribution in [3.8, 4) is 17.2 Å². The maximum absolute atomic E-state index is 9.39. The number of phenolic OH excluding ortho intramolecular Hbond substituents is 1. The van der Waals surface area contributed by atoms with E-state index in [0.717, 1.165) is 21.3 Å². The number of benzene rings is 3. The zero-order valence-corrected chi connectivity index (χ0v) is 17.6. The Kier molecular flexibility index (Phi) is 6.82. The van der Waals surface area contributed by atoms with Crippen LogP contribution in [0, 0.1) is 6.92 Å². The van der Waals surface area contributed by atoms with Gasteiger partial charge in [-0.3, -0.25) is 0 Å². The lowest BCUT2D eigenvalue weighted by Gasteiger charge is -2.17. The van der Waals surface area contributed by atoms with Crippen LogP contribution in [0.4, 0.5) is 5.69 Å². The molecule has 0 saturated carbocycles. The van der Waals surface area contributed by atoms with E-state index >= 15 is 0 Å². The molecule has 0 aliphatic heterocycles.